The highest BCUT2D eigenvalue weighted by molar-refractivity contribution is 5.99. The number of rotatable bonds is 5. The molecule has 2 rings (SSSR count). The van der Waals surface area contributed by atoms with E-state index in [9.17, 15) is 4.79 Å². The molecule has 1 atom stereocenters. The van der Waals surface area contributed by atoms with Gasteiger partial charge in [-0.3, -0.25) is 4.79 Å². The van der Waals surface area contributed by atoms with Gasteiger partial charge in [-0.25, -0.2) is 14.9 Å². The molecule has 0 fully saturated rings. The van der Waals surface area contributed by atoms with E-state index < -0.39 is 5.72 Å². The van der Waals surface area contributed by atoms with E-state index in [0.29, 0.717) is 13.1 Å². The average molecular weight is 289 g/mol. The summed E-state index contributed by atoms with van der Waals surface area (Å²) in [5, 5.41) is 1.64. The number of aliphatic imine (C=N–C) groups is 1. The third kappa shape index (κ3) is 3.42. The molecule has 0 aromatic heterocycles. The van der Waals surface area contributed by atoms with Crippen molar-refractivity contribution in [2.24, 2.45) is 4.99 Å². The number of hydrogen-bond donors (Lipinski definition) is 0. The van der Waals surface area contributed by atoms with Crippen molar-refractivity contribution in [3.63, 3.8) is 0 Å². The maximum atomic E-state index is 12.3. The summed E-state index contributed by atoms with van der Waals surface area (Å²) in [6, 6.07) is 9.85. The number of amidine groups is 1. The Balaban J connectivity index is 2.17. The third-order valence-corrected chi connectivity index (χ3v) is 3.60. The molecule has 114 valence electrons. The Bertz CT molecular complexity index is 526. The van der Waals surface area contributed by atoms with Crippen LogP contribution in [0.4, 0.5) is 0 Å². The van der Waals surface area contributed by atoms with Gasteiger partial charge < -0.3 is 4.90 Å². The van der Waals surface area contributed by atoms with Crippen LogP contribution in [0.25, 0.3) is 0 Å². The van der Waals surface area contributed by atoms with Gasteiger partial charge >= 0.3 is 0 Å². The summed E-state index contributed by atoms with van der Waals surface area (Å²) in [5.41, 5.74) is 0.151. The number of benzene rings is 1. The lowest BCUT2D eigenvalue weighted by Crippen LogP contribution is -2.38. The molecule has 1 aliphatic rings. The molecule has 1 amide bonds. The number of carbonyl (C=O) groups is 1. The van der Waals surface area contributed by atoms with Gasteiger partial charge in [-0.05, 0) is 20.8 Å². The van der Waals surface area contributed by atoms with Crippen molar-refractivity contribution >= 4 is 11.7 Å². The number of hydroxylamine groups is 2. The first kappa shape index (κ1) is 15.5. The number of amides is 1. The van der Waals surface area contributed by atoms with Crippen LogP contribution in [0, 0.1) is 0 Å². The Kier molecular flexibility index (Phi) is 4.63. The lowest BCUT2D eigenvalue weighted by Gasteiger charge is -2.25. The first-order valence-electron chi connectivity index (χ1n) is 7.35. The van der Waals surface area contributed by atoms with Crippen LogP contribution in [0.15, 0.2) is 35.3 Å². The number of carbonyl (C=O) groups excluding carboxylic acids is 1. The van der Waals surface area contributed by atoms with E-state index in [1.807, 2.05) is 58.2 Å². The Labute approximate surface area is 126 Å². The van der Waals surface area contributed by atoms with E-state index in [2.05, 4.69) is 4.99 Å². The molecule has 0 bridgehead atoms. The van der Waals surface area contributed by atoms with Crippen molar-refractivity contribution < 1.29 is 9.63 Å². The second kappa shape index (κ2) is 6.26. The first-order chi connectivity index (χ1) is 9.99. The van der Waals surface area contributed by atoms with Crippen molar-refractivity contribution in [2.45, 2.75) is 32.9 Å². The van der Waals surface area contributed by atoms with E-state index >= 15 is 0 Å². The quantitative estimate of drug-likeness (QED) is 0.835. The van der Waals surface area contributed by atoms with E-state index in [1.54, 1.807) is 9.96 Å². The predicted octanol–water partition coefficient (Wildman–Crippen LogP) is 2.28. The van der Waals surface area contributed by atoms with Gasteiger partial charge in [0.2, 0.25) is 5.91 Å². The minimum Gasteiger partial charge on any atom is -0.343 e. The molecule has 0 saturated carbocycles. The van der Waals surface area contributed by atoms with Crippen LogP contribution in [0.1, 0.15) is 32.8 Å². The van der Waals surface area contributed by atoms with E-state index in [0.717, 1.165) is 11.4 Å². The molecule has 5 nitrogen and oxygen atoms in total. The fourth-order valence-corrected chi connectivity index (χ4v) is 2.53. The van der Waals surface area contributed by atoms with Crippen molar-refractivity contribution in [3.8, 4) is 0 Å². The van der Waals surface area contributed by atoms with Crippen LogP contribution >= 0.6 is 0 Å². The monoisotopic (exact) mass is 289 g/mol. The molecule has 0 spiro atoms. The molecule has 0 radical (unpaired) electrons. The fourth-order valence-electron chi connectivity index (χ4n) is 2.53. The molecule has 1 aliphatic heterocycles. The maximum absolute atomic E-state index is 12.3. The molecule has 0 N–H and O–H groups in total. The zero-order valence-corrected chi connectivity index (χ0v) is 13.2. The molecular weight excluding hydrogens is 266 g/mol. The third-order valence-electron chi connectivity index (χ3n) is 3.60. The summed E-state index contributed by atoms with van der Waals surface area (Å²) in [6.45, 7) is 7.21. The average Bonchev–Trinajstić information content (AvgIpc) is 2.76. The highest BCUT2D eigenvalue weighted by atomic mass is 16.7. The largest absolute Gasteiger partial charge is 0.343 e. The van der Waals surface area contributed by atoms with E-state index in [1.165, 1.54) is 0 Å². The predicted molar refractivity (Wildman–Crippen MR) is 82.8 cm³/mol. The minimum absolute atomic E-state index is 0.0639. The Morgan fingerprint density at radius 2 is 1.90 bits per heavy atom. The van der Waals surface area contributed by atoms with Crippen LogP contribution < -0.4 is 0 Å². The minimum atomic E-state index is -0.834. The highest BCUT2D eigenvalue weighted by Crippen LogP contribution is 2.28. The van der Waals surface area contributed by atoms with Gasteiger partial charge in [-0.1, -0.05) is 30.3 Å². The SMILES string of the molecule is CCN(CC)C(=O)CC1(C)N=C(c2ccccc2)N(C)O1. The van der Waals surface area contributed by atoms with Crippen LogP contribution in [-0.4, -0.2) is 47.6 Å². The van der Waals surface area contributed by atoms with E-state index in [4.69, 9.17) is 4.84 Å². The molecule has 1 heterocycles. The van der Waals surface area contributed by atoms with Crippen LogP contribution in [0.5, 0.6) is 0 Å². The second-order valence-corrected chi connectivity index (χ2v) is 5.31. The molecule has 0 saturated heterocycles. The molecule has 0 aliphatic carbocycles. The van der Waals surface area contributed by atoms with E-state index in [-0.39, 0.29) is 12.3 Å². The molecule has 21 heavy (non-hydrogen) atoms. The topological polar surface area (TPSA) is 45.1 Å². The summed E-state index contributed by atoms with van der Waals surface area (Å²) in [5.74, 6) is 0.819. The summed E-state index contributed by atoms with van der Waals surface area (Å²) >= 11 is 0. The van der Waals surface area contributed by atoms with Crippen molar-refractivity contribution in [1.29, 1.82) is 0 Å². The molecular formula is C16H23N3O2. The van der Waals surface area contributed by atoms with Crippen LogP contribution in [0.2, 0.25) is 0 Å². The summed E-state index contributed by atoms with van der Waals surface area (Å²) in [4.78, 5) is 24.5. The summed E-state index contributed by atoms with van der Waals surface area (Å²) in [7, 11) is 1.82. The summed E-state index contributed by atoms with van der Waals surface area (Å²) in [6.07, 6.45) is 0.245. The van der Waals surface area contributed by atoms with Crippen molar-refractivity contribution in [3.05, 3.63) is 35.9 Å². The Morgan fingerprint density at radius 3 is 2.48 bits per heavy atom. The van der Waals surface area contributed by atoms with Gasteiger partial charge in [-0.2, -0.15) is 0 Å². The zero-order valence-electron chi connectivity index (χ0n) is 13.2. The lowest BCUT2D eigenvalue weighted by atomic mass is 10.1. The smallest absolute Gasteiger partial charge is 0.227 e. The number of hydrogen-bond acceptors (Lipinski definition) is 4. The Morgan fingerprint density at radius 1 is 1.29 bits per heavy atom. The van der Waals surface area contributed by atoms with Gasteiger partial charge in [-0.15, -0.1) is 0 Å². The van der Waals surface area contributed by atoms with Crippen LogP contribution in [0.3, 0.4) is 0 Å². The number of nitrogens with zero attached hydrogens (tertiary/aromatic N) is 3. The normalized spacial score (nSPS) is 21.3. The van der Waals surface area contributed by atoms with Gasteiger partial charge in [0.1, 0.15) is 0 Å². The lowest BCUT2D eigenvalue weighted by molar-refractivity contribution is -0.170. The van der Waals surface area contributed by atoms with Crippen LogP contribution in [-0.2, 0) is 9.63 Å². The Hall–Kier alpha value is -1.88. The van der Waals surface area contributed by atoms with Gasteiger partial charge in [0.05, 0.1) is 6.42 Å². The second-order valence-electron chi connectivity index (χ2n) is 5.31. The standard InChI is InChI=1S/C16H23N3O2/c1-5-19(6-2)14(20)12-16(3)17-15(18(4)21-16)13-10-8-7-9-11-13/h7-11H,5-6,12H2,1-4H3. The highest BCUT2D eigenvalue weighted by Gasteiger charge is 2.38. The summed E-state index contributed by atoms with van der Waals surface area (Å²) < 4.78 is 0. The fraction of sp³-hybridized carbons (Fsp3) is 0.500. The van der Waals surface area contributed by atoms with Gasteiger partial charge in [0.15, 0.2) is 11.6 Å². The van der Waals surface area contributed by atoms with Gasteiger partial charge in [0.25, 0.3) is 0 Å². The van der Waals surface area contributed by atoms with Crippen molar-refractivity contribution in [1.82, 2.24) is 9.96 Å². The first-order valence-corrected chi connectivity index (χ1v) is 7.35. The van der Waals surface area contributed by atoms with Crippen molar-refractivity contribution in [2.75, 3.05) is 20.1 Å². The maximum Gasteiger partial charge on any atom is 0.227 e. The zero-order chi connectivity index (χ0) is 15.5. The molecule has 1 unspecified atom stereocenters. The molecule has 5 heteroatoms. The van der Waals surface area contributed by atoms with Gasteiger partial charge in [0, 0.05) is 25.7 Å². The molecule has 1 aromatic carbocycles. The molecule has 1 aromatic rings.